The van der Waals surface area contributed by atoms with Gasteiger partial charge in [0.1, 0.15) is 17.2 Å². The number of aliphatic carboxylic acids is 1. The fraction of sp³-hybridized carbons (Fsp3) is 0.391. The van der Waals surface area contributed by atoms with E-state index in [0.29, 0.717) is 25.8 Å². The van der Waals surface area contributed by atoms with Gasteiger partial charge in [-0.3, -0.25) is 0 Å². The Hall–Kier alpha value is -3.38. The SMILES string of the molecule is Fc1ccc(-c2ccc3nc(CNC4CC4)nc(N4CCOCC4)c3n2)cc1.O=C(O)C(F)(F)F. The van der Waals surface area contributed by atoms with Crippen LogP contribution in [0.3, 0.4) is 0 Å². The predicted octanol–water partition coefficient (Wildman–Crippen LogP) is 3.55. The number of hydrogen-bond donors (Lipinski definition) is 2. The fourth-order valence-electron chi connectivity index (χ4n) is 3.42. The van der Waals surface area contributed by atoms with Crippen LogP contribution in [0.2, 0.25) is 0 Å². The van der Waals surface area contributed by atoms with E-state index in [1.54, 1.807) is 12.1 Å². The number of carboxylic acids is 1. The molecule has 0 bridgehead atoms. The molecule has 12 heteroatoms. The van der Waals surface area contributed by atoms with Gasteiger partial charge in [0.2, 0.25) is 0 Å². The maximum absolute atomic E-state index is 13.3. The molecule has 2 aliphatic rings. The summed E-state index contributed by atoms with van der Waals surface area (Å²) < 4.78 is 50.5. The first-order valence-electron chi connectivity index (χ1n) is 11.0. The van der Waals surface area contributed by atoms with Crippen LogP contribution in [0, 0.1) is 5.82 Å². The molecule has 0 spiro atoms. The Morgan fingerprint density at radius 1 is 1.06 bits per heavy atom. The number of ether oxygens (including phenoxy) is 1. The standard InChI is InChI=1S/C21H22FN5O.C2HF3O2/c22-15-3-1-14(2-4-15)17-7-8-18-20(25-17)21(27-9-11-28-12-10-27)26-19(24-18)13-23-16-5-6-16;3-2(4,5)1(6)7/h1-4,7-8,16,23H,5-6,9-13H2;(H,6,7). The number of benzene rings is 1. The molecule has 2 aromatic heterocycles. The Balaban J connectivity index is 0.000000364. The summed E-state index contributed by atoms with van der Waals surface area (Å²) in [6.07, 6.45) is -2.63. The van der Waals surface area contributed by atoms with E-state index in [1.165, 1.54) is 25.0 Å². The van der Waals surface area contributed by atoms with Gasteiger partial charge in [0.25, 0.3) is 0 Å². The number of anilines is 1. The number of rotatable bonds is 5. The van der Waals surface area contributed by atoms with Gasteiger partial charge in [0.05, 0.1) is 31.0 Å². The molecule has 1 saturated heterocycles. The number of carboxylic acid groups (broad SMARTS) is 1. The number of aromatic nitrogens is 3. The van der Waals surface area contributed by atoms with Crippen LogP contribution in [-0.2, 0) is 16.1 Å². The third-order valence-corrected chi connectivity index (χ3v) is 5.39. The van der Waals surface area contributed by atoms with Gasteiger partial charge < -0.3 is 20.1 Å². The molecule has 0 amide bonds. The van der Waals surface area contributed by atoms with Crippen molar-refractivity contribution in [2.45, 2.75) is 31.6 Å². The molecule has 0 atom stereocenters. The van der Waals surface area contributed by atoms with Gasteiger partial charge in [-0.1, -0.05) is 0 Å². The summed E-state index contributed by atoms with van der Waals surface area (Å²) in [5.74, 6) is -1.37. The molecule has 1 aromatic carbocycles. The molecule has 3 heterocycles. The minimum absolute atomic E-state index is 0.255. The zero-order valence-corrected chi connectivity index (χ0v) is 18.6. The molecule has 2 fully saturated rings. The van der Waals surface area contributed by atoms with Crippen LogP contribution < -0.4 is 10.2 Å². The van der Waals surface area contributed by atoms with E-state index in [1.807, 2.05) is 12.1 Å². The molecule has 2 N–H and O–H groups in total. The van der Waals surface area contributed by atoms with Crippen LogP contribution in [0.15, 0.2) is 36.4 Å². The van der Waals surface area contributed by atoms with Gasteiger partial charge in [0.15, 0.2) is 5.82 Å². The highest BCUT2D eigenvalue weighted by Crippen LogP contribution is 2.27. The number of nitrogens with one attached hydrogen (secondary N) is 1. The number of alkyl halides is 3. The number of halogens is 4. The lowest BCUT2D eigenvalue weighted by atomic mass is 10.1. The molecule has 0 unspecified atom stereocenters. The normalized spacial score (nSPS) is 16.1. The van der Waals surface area contributed by atoms with E-state index in [-0.39, 0.29) is 5.82 Å². The van der Waals surface area contributed by atoms with Crippen LogP contribution in [0.5, 0.6) is 0 Å². The van der Waals surface area contributed by atoms with E-state index >= 15 is 0 Å². The first-order chi connectivity index (χ1) is 16.7. The van der Waals surface area contributed by atoms with E-state index in [2.05, 4.69) is 10.2 Å². The number of pyridine rings is 1. The molecule has 1 aliphatic heterocycles. The van der Waals surface area contributed by atoms with E-state index < -0.39 is 12.1 Å². The lowest BCUT2D eigenvalue weighted by molar-refractivity contribution is -0.192. The zero-order chi connectivity index (χ0) is 25.0. The van der Waals surface area contributed by atoms with Crippen molar-refractivity contribution in [1.82, 2.24) is 20.3 Å². The third-order valence-electron chi connectivity index (χ3n) is 5.39. The Bertz CT molecular complexity index is 1180. The van der Waals surface area contributed by atoms with Gasteiger partial charge >= 0.3 is 12.1 Å². The van der Waals surface area contributed by atoms with Crippen molar-refractivity contribution in [3.05, 3.63) is 48.0 Å². The highest BCUT2D eigenvalue weighted by atomic mass is 19.4. The Labute approximate surface area is 198 Å². The lowest BCUT2D eigenvalue weighted by Crippen LogP contribution is -2.37. The Morgan fingerprint density at radius 3 is 2.31 bits per heavy atom. The molecule has 8 nitrogen and oxygen atoms in total. The highest BCUT2D eigenvalue weighted by Gasteiger charge is 2.38. The summed E-state index contributed by atoms with van der Waals surface area (Å²) in [5, 5.41) is 10.6. The molecule has 5 rings (SSSR count). The van der Waals surface area contributed by atoms with Crippen LogP contribution in [-0.4, -0.2) is 64.5 Å². The number of hydrogen-bond acceptors (Lipinski definition) is 7. The molecule has 35 heavy (non-hydrogen) atoms. The van der Waals surface area contributed by atoms with Crippen molar-refractivity contribution in [1.29, 1.82) is 0 Å². The van der Waals surface area contributed by atoms with E-state index in [0.717, 1.165) is 47.0 Å². The smallest absolute Gasteiger partial charge is 0.475 e. The van der Waals surface area contributed by atoms with Crippen molar-refractivity contribution < 1.29 is 32.2 Å². The second-order valence-electron chi connectivity index (χ2n) is 8.09. The van der Waals surface area contributed by atoms with Gasteiger partial charge in [-0.05, 0) is 49.2 Å². The zero-order valence-electron chi connectivity index (χ0n) is 18.6. The lowest BCUT2D eigenvalue weighted by Gasteiger charge is -2.28. The van der Waals surface area contributed by atoms with Crippen LogP contribution in [0.4, 0.5) is 23.4 Å². The summed E-state index contributed by atoms with van der Waals surface area (Å²) in [7, 11) is 0. The van der Waals surface area contributed by atoms with Crippen molar-refractivity contribution >= 4 is 22.8 Å². The van der Waals surface area contributed by atoms with Crippen LogP contribution >= 0.6 is 0 Å². The number of fused-ring (bicyclic) bond motifs is 1. The monoisotopic (exact) mass is 493 g/mol. The molecular formula is C23H23F4N5O3. The van der Waals surface area contributed by atoms with E-state index in [9.17, 15) is 17.6 Å². The molecule has 1 saturated carbocycles. The summed E-state index contributed by atoms with van der Waals surface area (Å²) in [6, 6.07) is 10.9. The third kappa shape index (κ3) is 6.61. The van der Waals surface area contributed by atoms with Gasteiger partial charge in [0, 0.05) is 24.7 Å². The number of carbonyl (C=O) groups is 1. The largest absolute Gasteiger partial charge is 0.490 e. The first-order valence-corrected chi connectivity index (χ1v) is 11.0. The predicted molar refractivity (Wildman–Crippen MR) is 119 cm³/mol. The van der Waals surface area contributed by atoms with Gasteiger partial charge in [-0.25, -0.2) is 24.1 Å². The highest BCUT2D eigenvalue weighted by molar-refractivity contribution is 5.87. The molecule has 0 radical (unpaired) electrons. The quantitative estimate of drug-likeness (QED) is 0.521. The van der Waals surface area contributed by atoms with Gasteiger partial charge in [-0.15, -0.1) is 0 Å². The Morgan fingerprint density at radius 2 is 1.71 bits per heavy atom. The van der Waals surface area contributed by atoms with Crippen molar-refractivity contribution in [2.24, 2.45) is 0 Å². The van der Waals surface area contributed by atoms with E-state index in [4.69, 9.17) is 29.6 Å². The number of nitrogens with zero attached hydrogens (tertiary/aromatic N) is 4. The topological polar surface area (TPSA) is 100 Å². The van der Waals surface area contributed by atoms with Crippen LogP contribution in [0.1, 0.15) is 18.7 Å². The summed E-state index contributed by atoms with van der Waals surface area (Å²) in [5.41, 5.74) is 3.26. The second kappa shape index (κ2) is 10.5. The van der Waals surface area contributed by atoms with Crippen molar-refractivity contribution in [3.8, 4) is 11.3 Å². The molecule has 3 aromatic rings. The minimum atomic E-state index is -5.08. The molecule has 186 valence electrons. The maximum Gasteiger partial charge on any atom is 0.490 e. The molecule has 1 aliphatic carbocycles. The second-order valence-corrected chi connectivity index (χ2v) is 8.09. The fourth-order valence-corrected chi connectivity index (χ4v) is 3.42. The Kier molecular flexibility index (Phi) is 7.41. The average Bonchev–Trinajstić information content (AvgIpc) is 3.67. The average molecular weight is 493 g/mol. The summed E-state index contributed by atoms with van der Waals surface area (Å²) >= 11 is 0. The maximum atomic E-state index is 13.3. The number of morpholine rings is 1. The van der Waals surface area contributed by atoms with Crippen LogP contribution in [0.25, 0.3) is 22.3 Å². The summed E-state index contributed by atoms with van der Waals surface area (Å²) in [6.45, 7) is 3.59. The van der Waals surface area contributed by atoms with Gasteiger partial charge in [-0.2, -0.15) is 13.2 Å². The summed E-state index contributed by atoms with van der Waals surface area (Å²) in [4.78, 5) is 25.5. The minimum Gasteiger partial charge on any atom is -0.475 e. The molecular weight excluding hydrogens is 470 g/mol. The van der Waals surface area contributed by atoms with Crippen molar-refractivity contribution in [2.75, 3.05) is 31.2 Å². The van der Waals surface area contributed by atoms with Crippen molar-refractivity contribution in [3.63, 3.8) is 0 Å². The first kappa shape index (κ1) is 24.7.